The largest absolute Gasteiger partial charge is 0.486 e. The summed E-state index contributed by atoms with van der Waals surface area (Å²) in [7, 11) is 0. The molecule has 0 radical (unpaired) electrons. The molecule has 0 saturated heterocycles. The molecule has 0 amide bonds. The van der Waals surface area contributed by atoms with E-state index in [-0.39, 0.29) is 6.71 Å². The molecule has 10 heteroatoms. The van der Waals surface area contributed by atoms with Gasteiger partial charge in [0.1, 0.15) is 45.2 Å². The average Bonchev–Trinajstić information content (AvgIpc) is 3.54. The molecule has 0 spiro atoms. The predicted molar refractivity (Wildman–Crippen MR) is 197 cm³/mol. The Balaban J connectivity index is 1.25. The van der Waals surface area contributed by atoms with E-state index in [0.29, 0.717) is 39.6 Å². The summed E-state index contributed by atoms with van der Waals surface area (Å²) in [6, 6.07) is 25.5. The van der Waals surface area contributed by atoms with Gasteiger partial charge in [0, 0.05) is 40.1 Å². The van der Waals surface area contributed by atoms with Crippen LogP contribution in [0.25, 0.3) is 11.0 Å². The topological polar surface area (TPSA) is 75.0 Å². The first kappa shape index (κ1) is 28.9. The second-order valence-corrected chi connectivity index (χ2v) is 13.7. The summed E-state index contributed by atoms with van der Waals surface area (Å²) in [6.45, 7) is 9.29. The fourth-order valence-electron chi connectivity index (χ4n) is 8.63. The molecule has 0 fully saturated rings. The number of anilines is 6. The van der Waals surface area contributed by atoms with Gasteiger partial charge >= 0.3 is 0 Å². The molecule has 0 N–H and O–H groups in total. The maximum absolute atomic E-state index is 7.01. The van der Waals surface area contributed by atoms with Gasteiger partial charge < -0.3 is 42.6 Å². The summed E-state index contributed by atoms with van der Waals surface area (Å²) in [4.78, 5) is 4.72. The van der Waals surface area contributed by atoms with Crippen LogP contribution in [0.3, 0.4) is 0 Å². The van der Waals surface area contributed by atoms with Crippen LogP contribution in [0, 0.1) is 20.8 Å². The quantitative estimate of drug-likeness (QED) is 0.185. The number of para-hydroxylation sites is 1. The van der Waals surface area contributed by atoms with E-state index < -0.39 is 0 Å². The van der Waals surface area contributed by atoms with Crippen LogP contribution in [0.5, 0.6) is 34.5 Å². The summed E-state index contributed by atoms with van der Waals surface area (Å²) >= 11 is 0. The zero-order valence-corrected chi connectivity index (χ0v) is 28.5. The number of benzene rings is 5. The lowest BCUT2D eigenvalue weighted by Gasteiger charge is -2.43. The molecule has 0 atom stereocenters. The highest BCUT2D eigenvalue weighted by Gasteiger charge is 2.48. The Morgan fingerprint density at radius 1 is 0.569 bits per heavy atom. The molecule has 51 heavy (non-hydrogen) atoms. The van der Waals surface area contributed by atoms with E-state index in [4.69, 9.17) is 32.8 Å². The Hall–Kier alpha value is -5.90. The standard InChI is InChI=1S/C41H33BN2O7/c1-22-16-29-37-30(17-22)44(38-23(2)18-36-40(24(38)3)50-15-14-49-36)39-26-6-4-5-7-31(26)51-41(39)42(37)27-20-34-35(48-13-12-47-34)21-28(27)43(29)25-8-9-32-33(19-25)46-11-10-45-32/h4-9,16-21H,10-15H2,1-3H3. The van der Waals surface area contributed by atoms with E-state index in [1.807, 2.05) is 12.1 Å². The lowest BCUT2D eigenvalue weighted by molar-refractivity contribution is 0.170. The number of hydrogen-bond donors (Lipinski definition) is 0. The van der Waals surface area contributed by atoms with Crippen LogP contribution in [-0.4, -0.2) is 46.4 Å². The first-order chi connectivity index (χ1) is 25.0. The van der Waals surface area contributed by atoms with Crippen LogP contribution in [0.2, 0.25) is 0 Å². The van der Waals surface area contributed by atoms with Gasteiger partial charge in [-0.15, -0.1) is 0 Å². The Morgan fingerprint density at radius 2 is 1.24 bits per heavy atom. The Morgan fingerprint density at radius 3 is 2.04 bits per heavy atom. The molecule has 9 nitrogen and oxygen atoms in total. The summed E-state index contributed by atoms with van der Waals surface area (Å²) < 4.78 is 43.8. The molecule has 0 aliphatic carbocycles. The second-order valence-electron chi connectivity index (χ2n) is 13.7. The first-order valence-electron chi connectivity index (χ1n) is 17.5. The van der Waals surface area contributed by atoms with Gasteiger partial charge in [-0.25, -0.2) is 0 Å². The van der Waals surface area contributed by atoms with E-state index >= 15 is 0 Å². The molecule has 252 valence electrons. The summed E-state index contributed by atoms with van der Waals surface area (Å²) in [5, 5.41) is 1.04. The number of nitrogens with zero attached hydrogens (tertiary/aromatic N) is 2. The summed E-state index contributed by atoms with van der Waals surface area (Å²) in [5.41, 5.74) is 13.3. The average molecular weight is 677 g/mol. The minimum Gasteiger partial charge on any atom is -0.486 e. The maximum atomic E-state index is 7.01. The van der Waals surface area contributed by atoms with Crippen LogP contribution in [-0.2, 0) is 0 Å². The molecule has 1 aromatic heterocycles. The molecule has 6 heterocycles. The minimum atomic E-state index is -0.230. The van der Waals surface area contributed by atoms with Crippen molar-refractivity contribution in [2.75, 3.05) is 49.4 Å². The number of furan rings is 1. The monoisotopic (exact) mass is 676 g/mol. The number of aryl methyl sites for hydroxylation is 2. The molecule has 6 aromatic rings. The first-order valence-corrected chi connectivity index (χ1v) is 17.5. The van der Waals surface area contributed by atoms with Crippen molar-refractivity contribution in [3.63, 3.8) is 0 Å². The fourth-order valence-corrected chi connectivity index (χ4v) is 8.63. The molecular weight excluding hydrogens is 643 g/mol. The smallest absolute Gasteiger partial charge is 0.297 e. The van der Waals surface area contributed by atoms with Gasteiger partial charge in [-0.05, 0) is 91.4 Å². The number of ether oxygens (including phenoxy) is 6. The van der Waals surface area contributed by atoms with Crippen LogP contribution >= 0.6 is 0 Å². The van der Waals surface area contributed by atoms with Gasteiger partial charge in [0.05, 0.1) is 22.7 Å². The molecule has 5 aromatic carbocycles. The molecule has 5 aliphatic heterocycles. The highest BCUT2D eigenvalue weighted by atomic mass is 16.6. The van der Waals surface area contributed by atoms with Crippen molar-refractivity contribution in [3.8, 4) is 34.5 Å². The number of fused-ring (bicyclic) bond motifs is 9. The minimum absolute atomic E-state index is 0.230. The van der Waals surface area contributed by atoms with Gasteiger partial charge in [0.25, 0.3) is 6.71 Å². The normalized spacial score (nSPS) is 16.1. The number of hydrogen-bond acceptors (Lipinski definition) is 9. The molecule has 0 unspecified atom stereocenters. The van der Waals surface area contributed by atoms with Gasteiger partial charge in [-0.2, -0.15) is 0 Å². The third-order valence-corrected chi connectivity index (χ3v) is 10.6. The summed E-state index contributed by atoms with van der Waals surface area (Å²) in [6.07, 6.45) is 0. The van der Waals surface area contributed by atoms with Crippen molar-refractivity contribution < 1.29 is 32.8 Å². The van der Waals surface area contributed by atoms with Gasteiger partial charge in [0.15, 0.2) is 34.5 Å². The zero-order chi connectivity index (χ0) is 34.0. The summed E-state index contributed by atoms with van der Waals surface area (Å²) in [5.74, 6) is 4.50. The molecule has 0 saturated carbocycles. The highest BCUT2D eigenvalue weighted by molar-refractivity contribution is 7.00. The lowest BCUT2D eigenvalue weighted by atomic mass is 9.35. The molecule has 0 bridgehead atoms. The van der Waals surface area contributed by atoms with Crippen molar-refractivity contribution >= 4 is 68.4 Å². The van der Waals surface area contributed by atoms with Crippen molar-refractivity contribution in [1.82, 2.24) is 0 Å². The number of rotatable bonds is 2. The van der Waals surface area contributed by atoms with Crippen LogP contribution in [0.1, 0.15) is 16.7 Å². The Kier molecular flexibility index (Phi) is 5.98. The van der Waals surface area contributed by atoms with Gasteiger partial charge in [-0.3, -0.25) is 0 Å². The highest BCUT2D eigenvalue weighted by Crippen LogP contribution is 2.52. The predicted octanol–water partition coefficient (Wildman–Crippen LogP) is 6.75. The van der Waals surface area contributed by atoms with E-state index in [9.17, 15) is 0 Å². The van der Waals surface area contributed by atoms with Gasteiger partial charge in [-0.1, -0.05) is 12.1 Å². The zero-order valence-electron chi connectivity index (χ0n) is 28.5. The van der Waals surface area contributed by atoms with E-state index in [1.165, 1.54) is 0 Å². The van der Waals surface area contributed by atoms with Crippen molar-refractivity contribution in [2.45, 2.75) is 20.8 Å². The van der Waals surface area contributed by atoms with Gasteiger partial charge in [0.2, 0.25) is 0 Å². The van der Waals surface area contributed by atoms with Crippen molar-refractivity contribution in [1.29, 1.82) is 0 Å². The van der Waals surface area contributed by atoms with Crippen LogP contribution in [0.15, 0.2) is 77.2 Å². The lowest BCUT2D eigenvalue weighted by Crippen LogP contribution is -2.61. The van der Waals surface area contributed by atoms with Crippen LogP contribution in [0.4, 0.5) is 34.1 Å². The van der Waals surface area contributed by atoms with Crippen molar-refractivity contribution in [3.05, 3.63) is 89.5 Å². The Labute approximate surface area is 294 Å². The van der Waals surface area contributed by atoms with E-state index in [1.54, 1.807) is 0 Å². The van der Waals surface area contributed by atoms with Crippen LogP contribution < -0.4 is 54.8 Å². The molecule has 11 rings (SSSR count). The molecular formula is C41H33BN2O7. The van der Waals surface area contributed by atoms with Crippen molar-refractivity contribution in [2.24, 2.45) is 0 Å². The maximum Gasteiger partial charge on any atom is 0.297 e. The molecule has 5 aliphatic rings. The third-order valence-electron chi connectivity index (χ3n) is 10.6. The fraction of sp³-hybridized carbons (Fsp3) is 0.220. The third kappa shape index (κ3) is 4.04. The Bertz CT molecular complexity index is 2470. The SMILES string of the molecule is Cc1cc2c3c(c1)N(c1c(C)cc4c(c1C)OCCO4)c1c(oc4ccccc14)B3c1cc3c(cc1N2c1ccc2c(c1)OCCO2)OCCO3. The van der Waals surface area contributed by atoms with E-state index in [0.717, 1.165) is 113 Å². The second kappa shape index (κ2) is 10.6. The van der Waals surface area contributed by atoms with E-state index in [2.05, 4.69) is 91.2 Å².